The average Bonchev–Trinajstić information content (AvgIpc) is 1.97. The van der Waals surface area contributed by atoms with Crippen LogP contribution in [0.25, 0.3) is 0 Å². The number of carboxylic acids is 1. The topological polar surface area (TPSA) is 37.3 Å². The molecular formula is C9H18MgO2. The maximum Gasteiger partial charge on any atom is 2.00 e. The van der Waals surface area contributed by atoms with E-state index in [1.807, 2.05) is 0 Å². The zero-order valence-corrected chi connectivity index (χ0v) is 9.22. The summed E-state index contributed by atoms with van der Waals surface area (Å²) in [4.78, 5) is 10.3. The van der Waals surface area contributed by atoms with Gasteiger partial charge in [0.25, 0.3) is 0 Å². The normalized spacial score (nSPS) is 8.75. The third-order valence-electron chi connectivity index (χ3n) is 1.63. The van der Waals surface area contributed by atoms with E-state index in [-0.39, 0.29) is 25.9 Å². The minimum Gasteiger partial charge on any atom is -1.00 e. The predicted molar refractivity (Wildman–Crippen MR) is 53.5 cm³/mol. The molecule has 0 unspecified atom stereocenters. The Morgan fingerprint density at radius 3 is 2.42 bits per heavy atom. The third kappa shape index (κ3) is 8.08. The molecule has 0 bridgehead atoms. The fourth-order valence-corrected chi connectivity index (χ4v) is 0.872. The smallest absolute Gasteiger partial charge is 1.00 e. The fourth-order valence-electron chi connectivity index (χ4n) is 0.872. The predicted octanol–water partition coefficient (Wildman–Crippen LogP) is 2.44. The molecule has 0 radical (unpaired) electrons. The summed E-state index contributed by atoms with van der Waals surface area (Å²) in [7, 11) is 0. The molecule has 3 heteroatoms. The standard InChI is InChI=1S/C9H16O2.Mg.2H/c1-3-4-5-6-7-8(2)9(10)11;;;/h2-7H2,1H3,(H,10,11);;;/q;+2;2*-1. The fraction of sp³-hybridized carbons (Fsp3) is 0.667. The molecule has 0 aromatic carbocycles. The number of rotatable bonds is 6. The van der Waals surface area contributed by atoms with Gasteiger partial charge in [0.1, 0.15) is 0 Å². The zero-order chi connectivity index (χ0) is 8.69. The second-order valence-corrected chi connectivity index (χ2v) is 2.72. The molecule has 0 aromatic heterocycles. The first-order chi connectivity index (χ1) is 5.18. The van der Waals surface area contributed by atoms with Gasteiger partial charge in [-0.15, -0.1) is 0 Å². The first-order valence-electron chi connectivity index (χ1n) is 4.09. The van der Waals surface area contributed by atoms with Crippen molar-refractivity contribution >= 4 is 29.0 Å². The van der Waals surface area contributed by atoms with Crippen molar-refractivity contribution in [1.82, 2.24) is 0 Å². The zero-order valence-electron chi connectivity index (χ0n) is 9.81. The Labute approximate surface area is 93.2 Å². The second-order valence-electron chi connectivity index (χ2n) is 2.72. The van der Waals surface area contributed by atoms with Gasteiger partial charge in [-0.25, -0.2) is 4.79 Å². The summed E-state index contributed by atoms with van der Waals surface area (Å²) >= 11 is 0. The van der Waals surface area contributed by atoms with E-state index in [1.165, 1.54) is 12.8 Å². The molecule has 0 aliphatic rings. The van der Waals surface area contributed by atoms with Crippen molar-refractivity contribution in [3.05, 3.63) is 12.2 Å². The van der Waals surface area contributed by atoms with Gasteiger partial charge in [-0.3, -0.25) is 0 Å². The Bertz CT molecular complexity index is 152. The number of carbonyl (C=O) groups is 1. The summed E-state index contributed by atoms with van der Waals surface area (Å²) in [5.41, 5.74) is 0.334. The van der Waals surface area contributed by atoms with Gasteiger partial charge >= 0.3 is 29.0 Å². The van der Waals surface area contributed by atoms with E-state index >= 15 is 0 Å². The summed E-state index contributed by atoms with van der Waals surface area (Å²) < 4.78 is 0. The van der Waals surface area contributed by atoms with Crippen molar-refractivity contribution in [2.45, 2.75) is 39.0 Å². The molecule has 0 spiro atoms. The van der Waals surface area contributed by atoms with E-state index in [0.29, 0.717) is 12.0 Å². The second kappa shape index (κ2) is 9.07. The molecule has 0 rings (SSSR count). The molecule has 0 aromatic rings. The van der Waals surface area contributed by atoms with Crippen molar-refractivity contribution in [3.63, 3.8) is 0 Å². The first kappa shape index (κ1) is 14.5. The van der Waals surface area contributed by atoms with Gasteiger partial charge in [-0.05, 0) is 12.8 Å². The molecule has 0 aliphatic carbocycles. The van der Waals surface area contributed by atoms with Gasteiger partial charge in [0.15, 0.2) is 0 Å². The summed E-state index contributed by atoms with van der Waals surface area (Å²) in [5, 5.41) is 8.44. The molecule has 1 N–H and O–H groups in total. The summed E-state index contributed by atoms with van der Waals surface area (Å²) in [6.45, 7) is 5.58. The molecule has 12 heavy (non-hydrogen) atoms. The molecular weight excluding hydrogens is 164 g/mol. The molecule has 68 valence electrons. The van der Waals surface area contributed by atoms with E-state index in [9.17, 15) is 4.79 Å². The van der Waals surface area contributed by atoms with E-state index in [1.54, 1.807) is 0 Å². The molecule has 0 amide bonds. The van der Waals surface area contributed by atoms with Gasteiger partial charge < -0.3 is 7.96 Å². The van der Waals surface area contributed by atoms with Gasteiger partial charge in [0, 0.05) is 5.57 Å². The third-order valence-corrected chi connectivity index (χ3v) is 1.63. The van der Waals surface area contributed by atoms with Crippen LogP contribution in [0.4, 0.5) is 0 Å². The van der Waals surface area contributed by atoms with Crippen LogP contribution >= 0.6 is 0 Å². The monoisotopic (exact) mass is 182 g/mol. The van der Waals surface area contributed by atoms with E-state index in [4.69, 9.17) is 5.11 Å². The average molecular weight is 183 g/mol. The summed E-state index contributed by atoms with van der Waals surface area (Å²) in [6, 6.07) is 0. The maximum absolute atomic E-state index is 10.3. The van der Waals surface area contributed by atoms with E-state index in [0.717, 1.165) is 12.8 Å². The van der Waals surface area contributed by atoms with Gasteiger partial charge in [-0.1, -0.05) is 32.8 Å². The molecule has 2 nitrogen and oxygen atoms in total. The number of carboxylic acid groups (broad SMARTS) is 1. The van der Waals surface area contributed by atoms with Crippen LogP contribution in [0, 0.1) is 0 Å². The van der Waals surface area contributed by atoms with Crippen LogP contribution in [0.5, 0.6) is 0 Å². The largest absolute Gasteiger partial charge is 2.00 e. The van der Waals surface area contributed by atoms with Gasteiger partial charge in [-0.2, -0.15) is 0 Å². The van der Waals surface area contributed by atoms with Gasteiger partial charge in [0.05, 0.1) is 0 Å². The van der Waals surface area contributed by atoms with E-state index < -0.39 is 5.97 Å². The van der Waals surface area contributed by atoms with Crippen LogP contribution in [-0.4, -0.2) is 34.1 Å². The van der Waals surface area contributed by atoms with Crippen LogP contribution in [0.1, 0.15) is 41.9 Å². The Kier molecular flexibility index (Phi) is 11.0. The molecule has 0 fully saturated rings. The van der Waals surface area contributed by atoms with Gasteiger partial charge in [0.2, 0.25) is 0 Å². The quantitative estimate of drug-likeness (QED) is 0.389. The molecule has 0 saturated heterocycles. The van der Waals surface area contributed by atoms with Crippen LogP contribution in [0.15, 0.2) is 12.2 Å². The van der Waals surface area contributed by atoms with Crippen LogP contribution < -0.4 is 0 Å². The molecule has 0 saturated carbocycles. The van der Waals surface area contributed by atoms with Crippen molar-refractivity contribution in [3.8, 4) is 0 Å². The minimum absolute atomic E-state index is 0. The molecule has 0 atom stereocenters. The first-order valence-corrected chi connectivity index (χ1v) is 4.09. The Morgan fingerprint density at radius 2 is 2.00 bits per heavy atom. The Balaban J connectivity index is -0.000000167. The number of hydrogen-bond acceptors (Lipinski definition) is 1. The van der Waals surface area contributed by atoms with Crippen molar-refractivity contribution in [1.29, 1.82) is 0 Å². The molecule has 0 heterocycles. The van der Waals surface area contributed by atoms with E-state index in [2.05, 4.69) is 13.5 Å². The van der Waals surface area contributed by atoms with Crippen molar-refractivity contribution in [2.24, 2.45) is 0 Å². The van der Waals surface area contributed by atoms with Crippen molar-refractivity contribution < 1.29 is 12.8 Å². The van der Waals surface area contributed by atoms with Crippen LogP contribution in [-0.2, 0) is 4.79 Å². The SMILES string of the molecule is C=C(CCCCCC)C(=O)O.[H-].[H-].[Mg+2]. The summed E-state index contributed by atoms with van der Waals surface area (Å²) in [5.74, 6) is -0.860. The summed E-state index contributed by atoms with van der Waals surface area (Å²) in [6.07, 6.45) is 5.07. The minimum atomic E-state index is -0.860. The Hall–Kier alpha value is -0.0238. The number of unbranched alkanes of at least 4 members (excludes halogenated alkanes) is 3. The number of aliphatic carboxylic acids is 1. The molecule has 0 aliphatic heterocycles. The Morgan fingerprint density at radius 1 is 1.42 bits per heavy atom. The van der Waals surface area contributed by atoms with Crippen molar-refractivity contribution in [2.75, 3.05) is 0 Å². The van der Waals surface area contributed by atoms with Crippen LogP contribution in [0.2, 0.25) is 0 Å². The van der Waals surface area contributed by atoms with Crippen LogP contribution in [0.3, 0.4) is 0 Å². The maximum atomic E-state index is 10.3. The number of hydrogen-bond donors (Lipinski definition) is 1.